The van der Waals surface area contributed by atoms with E-state index in [0.717, 1.165) is 22.6 Å². The number of carbonyl (C=O) groups excluding carboxylic acids is 1. The van der Waals surface area contributed by atoms with Gasteiger partial charge in [-0.3, -0.25) is 14.2 Å². The van der Waals surface area contributed by atoms with Crippen LogP contribution in [-0.4, -0.2) is 28.2 Å². The lowest BCUT2D eigenvalue weighted by Gasteiger charge is -2.12. The highest BCUT2D eigenvalue weighted by Crippen LogP contribution is 2.02. The SMILES string of the molecule is Cc1csc(=O)n1CC(=O)NCC(O)Cc1ccccc1. The van der Waals surface area contributed by atoms with Crippen molar-refractivity contribution in [3.8, 4) is 0 Å². The second-order valence-corrected chi connectivity index (χ2v) is 5.70. The van der Waals surface area contributed by atoms with Gasteiger partial charge in [-0.05, 0) is 12.5 Å². The quantitative estimate of drug-likeness (QED) is 0.834. The molecule has 0 bridgehead atoms. The number of carbonyl (C=O) groups is 1. The summed E-state index contributed by atoms with van der Waals surface area (Å²) in [6, 6.07) is 9.59. The van der Waals surface area contributed by atoms with Crippen LogP contribution in [0.4, 0.5) is 0 Å². The van der Waals surface area contributed by atoms with Crippen LogP contribution in [0.2, 0.25) is 0 Å². The average molecular weight is 306 g/mol. The second kappa shape index (κ2) is 7.19. The first-order valence-electron chi connectivity index (χ1n) is 6.70. The normalized spacial score (nSPS) is 12.1. The largest absolute Gasteiger partial charge is 0.391 e. The van der Waals surface area contributed by atoms with E-state index in [2.05, 4.69) is 5.32 Å². The Morgan fingerprint density at radius 1 is 1.38 bits per heavy atom. The molecule has 2 N–H and O–H groups in total. The lowest BCUT2D eigenvalue weighted by molar-refractivity contribution is -0.122. The van der Waals surface area contributed by atoms with Gasteiger partial charge in [-0.1, -0.05) is 41.7 Å². The van der Waals surface area contributed by atoms with Crippen molar-refractivity contribution in [1.82, 2.24) is 9.88 Å². The van der Waals surface area contributed by atoms with Crippen LogP contribution in [0.3, 0.4) is 0 Å². The van der Waals surface area contributed by atoms with Crippen molar-refractivity contribution in [3.05, 3.63) is 56.6 Å². The first kappa shape index (κ1) is 15.5. The van der Waals surface area contributed by atoms with Crippen LogP contribution in [0.5, 0.6) is 0 Å². The predicted molar refractivity (Wildman–Crippen MR) is 82.5 cm³/mol. The van der Waals surface area contributed by atoms with Gasteiger partial charge in [0.05, 0.1) is 6.10 Å². The van der Waals surface area contributed by atoms with Crippen LogP contribution in [0.1, 0.15) is 11.3 Å². The topological polar surface area (TPSA) is 71.3 Å². The van der Waals surface area contributed by atoms with E-state index in [1.54, 1.807) is 12.3 Å². The van der Waals surface area contributed by atoms with Gasteiger partial charge in [0.25, 0.3) is 0 Å². The Morgan fingerprint density at radius 3 is 2.71 bits per heavy atom. The number of hydrogen-bond donors (Lipinski definition) is 2. The molecule has 0 fully saturated rings. The Balaban J connectivity index is 1.80. The van der Waals surface area contributed by atoms with E-state index in [4.69, 9.17) is 0 Å². The number of aliphatic hydroxyl groups is 1. The third-order valence-corrected chi connectivity index (χ3v) is 4.01. The molecule has 0 spiro atoms. The average Bonchev–Trinajstić information content (AvgIpc) is 2.78. The minimum Gasteiger partial charge on any atom is -0.391 e. The van der Waals surface area contributed by atoms with Gasteiger partial charge in [0.1, 0.15) is 6.54 Å². The molecule has 0 radical (unpaired) electrons. The highest BCUT2D eigenvalue weighted by atomic mass is 32.1. The molecular weight excluding hydrogens is 288 g/mol. The van der Waals surface area contributed by atoms with Gasteiger partial charge in [0.15, 0.2) is 0 Å². The van der Waals surface area contributed by atoms with Gasteiger partial charge in [-0.25, -0.2) is 0 Å². The number of benzene rings is 1. The lowest BCUT2D eigenvalue weighted by Crippen LogP contribution is -2.36. The molecule has 1 amide bonds. The summed E-state index contributed by atoms with van der Waals surface area (Å²) in [5.74, 6) is -0.272. The van der Waals surface area contributed by atoms with E-state index in [1.807, 2.05) is 30.3 Å². The number of aromatic nitrogens is 1. The van der Waals surface area contributed by atoms with Crippen molar-refractivity contribution < 1.29 is 9.90 Å². The number of amides is 1. The molecule has 0 aliphatic rings. The van der Waals surface area contributed by atoms with E-state index in [0.29, 0.717) is 6.42 Å². The fourth-order valence-electron chi connectivity index (χ4n) is 1.99. The molecule has 5 nitrogen and oxygen atoms in total. The van der Waals surface area contributed by atoms with E-state index in [1.165, 1.54) is 4.57 Å². The Labute approximate surface area is 126 Å². The number of aryl methyl sites for hydroxylation is 1. The summed E-state index contributed by atoms with van der Waals surface area (Å²) in [6.07, 6.45) is -0.157. The Morgan fingerprint density at radius 2 is 2.10 bits per heavy atom. The highest BCUT2D eigenvalue weighted by Gasteiger charge is 2.11. The minimum absolute atomic E-state index is 0.00771. The van der Waals surface area contributed by atoms with Gasteiger partial charge in [0, 0.05) is 24.0 Å². The summed E-state index contributed by atoms with van der Waals surface area (Å²) >= 11 is 1.08. The standard InChI is InChI=1S/C15H18N2O3S/c1-11-10-21-15(20)17(11)9-14(19)16-8-13(18)7-12-5-3-2-4-6-12/h2-6,10,13,18H,7-9H2,1H3,(H,16,19). The molecule has 112 valence electrons. The maximum atomic E-state index is 11.8. The lowest BCUT2D eigenvalue weighted by atomic mass is 10.1. The number of thiazole rings is 1. The molecule has 6 heteroatoms. The molecule has 21 heavy (non-hydrogen) atoms. The fraction of sp³-hybridized carbons (Fsp3) is 0.333. The molecule has 0 aliphatic carbocycles. The molecule has 1 atom stereocenters. The maximum absolute atomic E-state index is 11.8. The third-order valence-electron chi connectivity index (χ3n) is 3.13. The zero-order chi connectivity index (χ0) is 15.2. The predicted octanol–water partition coefficient (Wildman–Crippen LogP) is 0.938. The minimum atomic E-state index is -0.642. The van der Waals surface area contributed by atoms with Crippen LogP contribution in [-0.2, 0) is 17.8 Å². The molecule has 0 saturated carbocycles. The first-order valence-corrected chi connectivity index (χ1v) is 7.58. The van der Waals surface area contributed by atoms with Crippen molar-refractivity contribution in [2.45, 2.75) is 26.0 Å². The van der Waals surface area contributed by atoms with Crippen LogP contribution in [0.15, 0.2) is 40.5 Å². The summed E-state index contributed by atoms with van der Waals surface area (Å²) in [5.41, 5.74) is 1.79. The zero-order valence-electron chi connectivity index (χ0n) is 11.8. The second-order valence-electron chi connectivity index (χ2n) is 4.88. The van der Waals surface area contributed by atoms with E-state index in [9.17, 15) is 14.7 Å². The van der Waals surface area contributed by atoms with Crippen LogP contribution in [0, 0.1) is 6.92 Å². The highest BCUT2D eigenvalue weighted by molar-refractivity contribution is 7.07. The van der Waals surface area contributed by atoms with Gasteiger partial charge >= 0.3 is 4.87 Å². The molecule has 2 rings (SSSR count). The third kappa shape index (κ3) is 4.54. The van der Waals surface area contributed by atoms with Crippen molar-refractivity contribution in [2.24, 2.45) is 0 Å². The molecule has 1 heterocycles. The maximum Gasteiger partial charge on any atom is 0.307 e. The molecule has 2 aromatic rings. The van der Waals surface area contributed by atoms with Crippen molar-refractivity contribution in [3.63, 3.8) is 0 Å². The summed E-state index contributed by atoms with van der Waals surface area (Å²) < 4.78 is 1.42. The molecule has 0 aliphatic heterocycles. The van der Waals surface area contributed by atoms with E-state index >= 15 is 0 Å². The fourth-order valence-corrected chi connectivity index (χ4v) is 2.72. The summed E-state index contributed by atoms with van der Waals surface area (Å²) in [5, 5.41) is 14.3. The van der Waals surface area contributed by atoms with Gasteiger partial charge in [-0.2, -0.15) is 0 Å². The van der Waals surface area contributed by atoms with Gasteiger partial charge in [-0.15, -0.1) is 0 Å². The van der Waals surface area contributed by atoms with Crippen molar-refractivity contribution >= 4 is 17.2 Å². The Hall–Kier alpha value is -1.92. The number of nitrogens with one attached hydrogen (secondary N) is 1. The van der Waals surface area contributed by atoms with Crippen LogP contribution in [0.25, 0.3) is 0 Å². The monoisotopic (exact) mass is 306 g/mol. The summed E-state index contributed by atoms with van der Waals surface area (Å²) in [4.78, 5) is 23.2. The number of hydrogen-bond acceptors (Lipinski definition) is 4. The molecular formula is C15H18N2O3S. The van der Waals surface area contributed by atoms with Crippen LogP contribution < -0.4 is 10.2 Å². The Bertz CT molecular complexity index is 648. The van der Waals surface area contributed by atoms with Crippen molar-refractivity contribution in [2.75, 3.05) is 6.54 Å². The van der Waals surface area contributed by atoms with Crippen molar-refractivity contribution in [1.29, 1.82) is 0 Å². The first-order chi connectivity index (χ1) is 10.1. The van der Waals surface area contributed by atoms with Gasteiger partial charge in [0.2, 0.25) is 5.91 Å². The van der Waals surface area contributed by atoms with Gasteiger partial charge < -0.3 is 10.4 Å². The summed E-state index contributed by atoms with van der Waals surface area (Å²) in [6.45, 7) is 1.95. The zero-order valence-corrected chi connectivity index (χ0v) is 12.6. The number of nitrogens with zero attached hydrogens (tertiary/aromatic N) is 1. The molecule has 1 aromatic heterocycles. The smallest absolute Gasteiger partial charge is 0.307 e. The summed E-state index contributed by atoms with van der Waals surface area (Å²) in [7, 11) is 0. The van der Waals surface area contributed by atoms with Crippen LogP contribution >= 0.6 is 11.3 Å². The molecule has 1 aromatic carbocycles. The number of rotatable bonds is 6. The Kier molecular flexibility index (Phi) is 5.30. The molecule has 1 unspecified atom stereocenters. The van der Waals surface area contributed by atoms with E-state index in [-0.39, 0.29) is 23.9 Å². The molecule has 0 saturated heterocycles. The number of aliphatic hydroxyl groups excluding tert-OH is 1. The van der Waals surface area contributed by atoms with E-state index < -0.39 is 6.10 Å².